The van der Waals surface area contributed by atoms with Crippen molar-refractivity contribution in [3.63, 3.8) is 0 Å². The number of hydrogen-bond donors (Lipinski definition) is 1. The number of fused-ring (bicyclic) bond motifs is 1. The summed E-state index contributed by atoms with van der Waals surface area (Å²) >= 11 is 0. The molecule has 1 saturated heterocycles. The van der Waals surface area contributed by atoms with Crippen LogP contribution in [0.25, 0.3) is 10.9 Å². The highest BCUT2D eigenvalue weighted by Gasteiger charge is 2.32. The van der Waals surface area contributed by atoms with Crippen LogP contribution in [0.1, 0.15) is 29.9 Å². The predicted molar refractivity (Wildman–Crippen MR) is 130 cm³/mol. The minimum absolute atomic E-state index is 0.179. The van der Waals surface area contributed by atoms with Gasteiger partial charge in [-0.3, -0.25) is 9.69 Å². The van der Waals surface area contributed by atoms with Crippen LogP contribution in [0.2, 0.25) is 0 Å². The van der Waals surface area contributed by atoms with Crippen molar-refractivity contribution in [3.05, 3.63) is 81.7 Å². The average Bonchev–Trinajstić information content (AvgIpc) is 3.30. The van der Waals surface area contributed by atoms with E-state index in [1.807, 2.05) is 31.2 Å². The van der Waals surface area contributed by atoms with Gasteiger partial charge in [-0.1, -0.05) is 12.1 Å². The molecule has 1 aliphatic heterocycles. The smallest absolute Gasteiger partial charge is 0.253 e. The van der Waals surface area contributed by atoms with E-state index in [4.69, 9.17) is 4.74 Å². The zero-order valence-corrected chi connectivity index (χ0v) is 19.8. The second-order valence-electron chi connectivity index (χ2n) is 8.80. The number of tetrazole rings is 1. The molecule has 0 spiro atoms. The number of likely N-dealkylation sites (N-methyl/N-ethyl adjacent to an activating group) is 1. The topological polar surface area (TPSA) is 92.2 Å². The number of pyridine rings is 1. The lowest BCUT2D eigenvalue weighted by atomic mass is 10.0. The van der Waals surface area contributed by atoms with E-state index in [0.717, 1.165) is 48.4 Å². The molecule has 0 unspecified atom stereocenters. The maximum atomic E-state index is 13.4. The molecule has 35 heavy (non-hydrogen) atoms. The van der Waals surface area contributed by atoms with Crippen molar-refractivity contribution < 1.29 is 9.13 Å². The zero-order valence-electron chi connectivity index (χ0n) is 19.8. The maximum Gasteiger partial charge on any atom is 0.253 e. The van der Waals surface area contributed by atoms with Crippen molar-refractivity contribution in [1.29, 1.82) is 0 Å². The van der Waals surface area contributed by atoms with Crippen molar-refractivity contribution in [2.24, 2.45) is 0 Å². The van der Waals surface area contributed by atoms with Crippen LogP contribution in [0.3, 0.4) is 0 Å². The van der Waals surface area contributed by atoms with E-state index < -0.39 is 6.04 Å². The minimum atomic E-state index is -0.442. The lowest BCUT2D eigenvalue weighted by molar-refractivity contribution is 0.121. The van der Waals surface area contributed by atoms with Crippen LogP contribution >= 0.6 is 0 Å². The molecule has 0 amide bonds. The highest BCUT2D eigenvalue weighted by molar-refractivity contribution is 5.80. The van der Waals surface area contributed by atoms with Crippen LogP contribution < -0.4 is 10.3 Å². The lowest BCUT2D eigenvalue weighted by Crippen LogP contribution is -2.47. The van der Waals surface area contributed by atoms with E-state index in [2.05, 4.69) is 37.4 Å². The Morgan fingerprint density at radius 3 is 2.60 bits per heavy atom. The van der Waals surface area contributed by atoms with Gasteiger partial charge in [0, 0.05) is 42.6 Å². The molecule has 2 aromatic carbocycles. The molecule has 5 rings (SSSR count). The van der Waals surface area contributed by atoms with Crippen LogP contribution in [0, 0.1) is 5.82 Å². The molecule has 0 bridgehead atoms. The van der Waals surface area contributed by atoms with Crippen molar-refractivity contribution in [1.82, 2.24) is 35.0 Å². The third kappa shape index (κ3) is 4.94. The number of piperazine rings is 1. The number of H-pyrrole nitrogens is 1. The van der Waals surface area contributed by atoms with Gasteiger partial charge in [0.1, 0.15) is 17.6 Å². The summed E-state index contributed by atoms with van der Waals surface area (Å²) in [5.41, 5.74) is 2.00. The van der Waals surface area contributed by atoms with Gasteiger partial charge in [0.25, 0.3) is 5.56 Å². The second kappa shape index (κ2) is 9.93. The fourth-order valence-electron chi connectivity index (χ4n) is 4.52. The number of aromatic amines is 1. The minimum Gasteiger partial charge on any atom is -0.494 e. The number of halogens is 1. The second-order valence-corrected chi connectivity index (χ2v) is 8.80. The van der Waals surface area contributed by atoms with E-state index >= 15 is 0 Å². The summed E-state index contributed by atoms with van der Waals surface area (Å²) in [7, 11) is 2.09. The number of nitrogens with one attached hydrogen (secondary N) is 1. The molecule has 4 aromatic rings. The fourth-order valence-corrected chi connectivity index (χ4v) is 4.52. The van der Waals surface area contributed by atoms with Gasteiger partial charge < -0.3 is 14.6 Å². The largest absolute Gasteiger partial charge is 0.494 e. The monoisotopic (exact) mass is 477 g/mol. The van der Waals surface area contributed by atoms with Gasteiger partial charge >= 0.3 is 0 Å². The highest BCUT2D eigenvalue weighted by Crippen LogP contribution is 2.29. The number of nitrogens with zero attached hydrogens (tertiary/aromatic N) is 6. The Hall–Kier alpha value is -3.63. The van der Waals surface area contributed by atoms with Crippen molar-refractivity contribution >= 4 is 10.9 Å². The summed E-state index contributed by atoms with van der Waals surface area (Å²) in [5, 5.41) is 13.4. The van der Waals surface area contributed by atoms with E-state index in [1.54, 1.807) is 16.8 Å². The molecule has 0 radical (unpaired) electrons. The number of rotatable bonds is 7. The van der Waals surface area contributed by atoms with Gasteiger partial charge in [0.2, 0.25) is 0 Å². The fraction of sp³-hybridized carbons (Fsp3) is 0.360. The van der Waals surface area contributed by atoms with Gasteiger partial charge in [-0.2, -0.15) is 0 Å². The molecule has 3 heterocycles. The Morgan fingerprint density at radius 2 is 1.86 bits per heavy atom. The summed E-state index contributed by atoms with van der Waals surface area (Å²) in [6, 6.07) is 13.4. The molecule has 9 nitrogen and oxygen atoms in total. The average molecular weight is 478 g/mol. The molecule has 1 N–H and O–H groups in total. The first kappa shape index (κ1) is 23.1. The number of aromatic nitrogens is 5. The Labute approximate surface area is 202 Å². The molecule has 1 fully saturated rings. The lowest BCUT2D eigenvalue weighted by Gasteiger charge is -2.37. The SMILES string of the molecule is CCOc1ccc2[nH]c(=O)c([C@H](c3nnnn3Cc3ccc(F)cc3)N3CCN(C)CC3)cc2c1. The zero-order chi connectivity index (χ0) is 24.4. The number of benzene rings is 2. The van der Waals surface area contributed by atoms with Gasteiger partial charge in [0.15, 0.2) is 5.82 Å². The molecule has 2 aromatic heterocycles. The van der Waals surface area contributed by atoms with Crippen LogP contribution in [0.5, 0.6) is 5.75 Å². The number of ether oxygens (including phenoxy) is 1. The van der Waals surface area contributed by atoms with E-state index in [0.29, 0.717) is 24.5 Å². The molecule has 182 valence electrons. The molecule has 0 aliphatic carbocycles. The van der Waals surface area contributed by atoms with Gasteiger partial charge in [-0.15, -0.1) is 5.10 Å². The molecule has 0 saturated carbocycles. The Balaban J connectivity index is 1.59. The molecule has 1 aliphatic rings. The third-order valence-corrected chi connectivity index (χ3v) is 6.40. The van der Waals surface area contributed by atoms with E-state index in [1.165, 1.54) is 12.1 Å². The molecule has 10 heteroatoms. The molecule has 1 atom stereocenters. The Morgan fingerprint density at radius 1 is 1.09 bits per heavy atom. The first-order valence-electron chi connectivity index (χ1n) is 11.7. The highest BCUT2D eigenvalue weighted by atomic mass is 19.1. The normalized spacial score (nSPS) is 16.0. The summed E-state index contributed by atoms with van der Waals surface area (Å²) in [5.74, 6) is 1.02. The quantitative estimate of drug-likeness (QED) is 0.437. The van der Waals surface area contributed by atoms with E-state index in [-0.39, 0.29) is 11.4 Å². The van der Waals surface area contributed by atoms with Crippen LogP contribution in [0.4, 0.5) is 4.39 Å². The first-order chi connectivity index (χ1) is 17.0. The summed E-state index contributed by atoms with van der Waals surface area (Å²) in [6.07, 6.45) is 0. The van der Waals surface area contributed by atoms with Gasteiger partial charge in [-0.25, -0.2) is 9.07 Å². The van der Waals surface area contributed by atoms with Gasteiger partial charge in [0.05, 0.1) is 13.2 Å². The van der Waals surface area contributed by atoms with Crippen LogP contribution in [-0.4, -0.2) is 74.8 Å². The summed E-state index contributed by atoms with van der Waals surface area (Å²) in [4.78, 5) is 20.9. The third-order valence-electron chi connectivity index (χ3n) is 6.40. The predicted octanol–water partition coefficient (Wildman–Crippen LogP) is 2.44. The Kier molecular flexibility index (Phi) is 6.56. The van der Waals surface area contributed by atoms with Crippen molar-refractivity contribution in [2.45, 2.75) is 19.5 Å². The standard InChI is InChI=1S/C25H28FN7O2/c1-3-35-20-8-9-22-18(14-20)15-21(25(34)27-22)23(32-12-10-31(2)11-13-32)24-28-29-30-33(24)16-17-4-6-19(26)7-5-17/h4-9,14-15,23H,3,10-13,16H2,1-2H3,(H,27,34)/t23-/m1/s1. The summed E-state index contributed by atoms with van der Waals surface area (Å²) < 4.78 is 20.8. The van der Waals surface area contributed by atoms with Crippen molar-refractivity contribution in [2.75, 3.05) is 39.8 Å². The van der Waals surface area contributed by atoms with Crippen molar-refractivity contribution in [3.8, 4) is 5.75 Å². The summed E-state index contributed by atoms with van der Waals surface area (Å²) in [6.45, 7) is 6.14. The van der Waals surface area contributed by atoms with E-state index in [9.17, 15) is 9.18 Å². The Bertz CT molecular complexity index is 1360. The molecular formula is C25H28FN7O2. The van der Waals surface area contributed by atoms with Crippen LogP contribution in [-0.2, 0) is 6.54 Å². The van der Waals surface area contributed by atoms with Gasteiger partial charge in [-0.05, 0) is 66.4 Å². The number of hydrogen-bond acceptors (Lipinski definition) is 7. The first-order valence-corrected chi connectivity index (χ1v) is 11.7. The van der Waals surface area contributed by atoms with Crippen LogP contribution in [0.15, 0.2) is 53.3 Å². The maximum absolute atomic E-state index is 13.4. The molecular weight excluding hydrogens is 449 g/mol.